The van der Waals surface area contributed by atoms with Crippen molar-refractivity contribution in [1.82, 2.24) is 24.6 Å². The Morgan fingerprint density at radius 3 is 2.35 bits per heavy atom. The number of benzene rings is 3. The molecule has 3 heterocycles. The van der Waals surface area contributed by atoms with Crippen LogP contribution in [0.15, 0.2) is 109 Å². The molecule has 0 radical (unpaired) electrons. The fourth-order valence-electron chi connectivity index (χ4n) is 5.74. The van der Waals surface area contributed by atoms with Crippen molar-refractivity contribution < 1.29 is 4.79 Å². The van der Waals surface area contributed by atoms with Crippen LogP contribution in [0.4, 0.5) is 16.3 Å². The quantitative estimate of drug-likeness (QED) is 0.154. The van der Waals surface area contributed by atoms with Gasteiger partial charge in [-0.25, -0.2) is 9.48 Å². The fraction of sp³-hybridized carbons (Fsp3) is 0.225. The highest BCUT2D eigenvalue weighted by atomic mass is 16.2. The van der Waals surface area contributed by atoms with Crippen LogP contribution in [0.2, 0.25) is 0 Å². The van der Waals surface area contributed by atoms with Crippen LogP contribution in [0.25, 0.3) is 27.6 Å². The molecule has 3 aromatic heterocycles. The van der Waals surface area contributed by atoms with E-state index in [0.717, 1.165) is 50.2 Å². The van der Waals surface area contributed by atoms with Crippen molar-refractivity contribution in [3.8, 4) is 22.9 Å². The maximum absolute atomic E-state index is 13.5. The molecule has 6 aromatic rings. The van der Waals surface area contributed by atoms with Gasteiger partial charge in [-0.3, -0.25) is 20.2 Å². The minimum absolute atomic E-state index is 0.211. The highest BCUT2D eigenvalue weighted by Crippen LogP contribution is 2.34. The van der Waals surface area contributed by atoms with Crippen LogP contribution in [0.5, 0.6) is 0 Å². The number of hydrogen-bond acceptors (Lipinski definition) is 6. The third-order valence-corrected chi connectivity index (χ3v) is 8.35. The van der Waals surface area contributed by atoms with Crippen molar-refractivity contribution in [3.63, 3.8) is 0 Å². The van der Waals surface area contributed by atoms with Gasteiger partial charge in [-0.05, 0) is 59.3 Å². The standard InChI is InChI=1S/C40H40N8O/c1-28-13-18-32(25-43-28)48-38(24-37(46-48)40(2,3)4)45-39(49)44-36-20-19-33(34-11-5-6-12-35(34)36)30-16-14-29(15-17-30)26-47(23-9-21-41)27-31-10-7-8-22-42-31/h5-8,10-20,22,24-25H,9,23,26-27H2,1-4H3,(H2,44,45,49). The number of amides is 2. The molecule has 0 atom stereocenters. The summed E-state index contributed by atoms with van der Waals surface area (Å²) in [6.07, 6.45) is 4.01. The van der Waals surface area contributed by atoms with E-state index >= 15 is 0 Å². The lowest BCUT2D eigenvalue weighted by Gasteiger charge is -2.21. The lowest BCUT2D eigenvalue weighted by molar-refractivity contribution is 0.260. The molecule has 0 saturated carbocycles. The zero-order chi connectivity index (χ0) is 34.4. The number of pyridine rings is 2. The van der Waals surface area contributed by atoms with Crippen LogP contribution in [0, 0.1) is 18.3 Å². The zero-order valence-corrected chi connectivity index (χ0v) is 28.3. The minimum Gasteiger partial charge on any atom is -0.307 e. The first-order valence-electron chi connectivity index (χ1n) is 16.4. The summed E-state index contributed by atoms with van der Waals surface area (Å²) in [5.74, 6) is 0.556. The largest absolute Gasteiger partial charge is 0.324 e. The molecule has 0 aliphatic carbocycles. The maximum Gasteiger partial charge on any atom is 0.324 e. The van der Waals surface area contributed by atoms with Gasteiger partial charge in [-0.15, -0.1) is 0 Å². The summed E-state index contributed by atoms with van der Waals surface area (Å²) < 4.78 is 1.72. The number of rotatable bonds is 10. The molecule has 3 aromatic carbocycles. The van der Waals surface area contributed by atoms with Crippen LogP contribution >= 0.6 is 0 Å². The Kier molecular flexibility index (Phi) is 9.79. The molecule has 9 heteroatoms. The number of urea groups is 1. The Morgan fingerprint density at radius 1 is 0.878 bits per heavy atom. The van der Waals surface area contributed by atoms with Gasteiger partial charge in [0.25, 0.3) is 0 Å². The van der Waals surface area contributed by atoms with Gasteiger partial charge < -0.3 is 5.32 Å². The molecule has 0 saturated heterocycles. The van der Waals surface area contributed by atoms with Gasteiger partial charge in [0.2, 0.25) is 0 Å². The third kappa shape index (κ3) is 8.00. The van der Waals surface area contributed by atoms with Crippen molar-refractivity contribution in [2.45, 2.75) is 52.6 Å². The number of carbonyl (C=O) groups is 1. The van der Waals surface area contributed by atoms with E-state index < -0.39 is 0 Å². The summed E-state index contributed by atoms with van der Waals surface area (Å²) in [6, 6.07) is 34.2. The summed E-state index contributed by atoms with van der Waals surface area (Å²) in [5, 5.41) is 22.1. The first-order chi connectivity index (χ1) is 23.7. The smallest absolute Gasteiger partial charge is 0.307 e. The second-order valence-corrected chi connectivity index (χ2v) is 13.2. The molecule has 49 heavy (non-hydrogen) atoms. The average Bonchev–Trinajstić information content (AvgIpc) is 3.53. The summed E-state index contributed by atoms with van der Waals surface area (Å²) in [5.41, 5.74) is 7.31. The van der Waals surface area contributed by atoms with Gasteiger partial charge in [-0.1, -0.05) is 81.4 Å². The second-order valence-electron chi connectivity index (χ2n) is 13.2. The number of carbonyl (C=O) groups excluding carboxylic acids is 1. The van der Waals surface area contributed by atoms with E-state index in [9.17, 15) is 10.1 Å². The Labute approximate surface area is 287 Å². The number of anilines is 2. The summed E-state index contributed by atoms with van der Waals surface area (Å²) >= 11 is 0. The summed E-state index contributed by atoms with van der Waals surface area (Å²) in [6.45, 7) is 10.3. The lowest BCUT2D eigenvalue weighted by atomic mass is 9.92. The fourth-order valence-corrected chi connectivity index (χ4v) is 5.74. The molecule has 0 bridgehead atoms. The van der Waals surface area contributed by atoms with Crippen LogP contribution in [0.1, 0.15) is 49.8 Å². The van der Waals surface area contributed by atoms with Gasteiger partial charge in [0.05, 0.1) is 35.0 Å². The van der Waals surface area contributed by atoms with Crippen LogP contribution in [-0.4, -0.2) is 37.2 Å². The molecule has 0 spiro atoms. The number of hydrogen-bond donors (Lipinski definition) is 2. The number of fused-ring (bicyclic) bond motifs is 1. The Balaban J connectivity index is 1.21. The molecule has 2 amide bonds. The number of aryl methyl sites for hydroxylation is 1. The molecule has 0 unspecified atom stereocenters. The van der Waals surface area contributed by atoms with Crippen molar-refractivity contribution in [2.75, 3.05) is 17.2 Å². The van der Waals surface area contributed by atoms with Gasteiger partial charge in [-0.2, -0.15) is 10.4 Å². The van der Waals surface area contributed by atoms with E-state index in [2.05, 4.69) is 82.7 Å². The molecule has 0 aliphatic heterocycles. The van der Waals surface area contributed by atoms with Crippen LogP contribution in [0.3, 0.4) is 0 Å². The van der Waals surface area contributed by atoms with Gasteiger partial charge in [0.1, 0.15) is 5.82 Å². The first-order valence-corrected chi connectivity index (χ1v) is 16.4. The molecule has 246 valence electrons. The lowest BCUT2D eigenvalue weighted by Crippen LogP contribution is -2.24. The Morgan fingerprint density at radius 2 is 1.65 bits per heavy atom. The third-order valence-electron chi connectivity index (χ3n) is 8.35. The maximum atomic E-state index is 13.5. The molecular formula is C40H40N8O. The van der Waals surface area contributed by atoms with Crippen LogP contribution in [-0.2, 0) is 18.5 Å². The van der Waals surface area contributed by atoms with Crippen molar-refractivity contribution in [3.05, 3.63) is 132 Å². The molecule has 9 nitrogen and oxygen atoms in total. The first kappa shape index (κ1) is 33.1. The number of aromatic nitrogens is 4. The minimum atomic E-state index is -0.365. The SMILES string of the molecule is Cc1ccc(-n2nc(C(C)(C)C)cc2NC(=O)Nc2ccc(-c3ccc(CN(CCC#N)Cc4ccccn4)cc3)c3ccccc23)cn1. The topological polar surface area (TPSA) is 112 Å². The molecular weight excluding hydrogens is 608 g/mol. The second kappa shape index (κ2) is 14.5. The normalized spacial score (nSPS) is 11.4. The van der Waals surface area contributed by atoms with Crippen molar-refractivity contribution in [2.24, 2.45) is 0 Å². The molecule has 2 N–H and O–H groups in total. The average molecular weight is 649 g/mol. The Hall–Kier alpha value is -5.85. The van der Waals surface area contributed by atoms with Crippen molar-refractivity contribution >= 4 is 28.3 Å². The predicted molar refractivity (Wildman–Crippen MR) is 195 cm³/mol. The summed E-state index contributed by atoms with van der Waals surface area (Å²) in [7, 11) is 0. The molecule has 6 rings (SSSR count). The number of nitrogens with zero attached hydrogens (tertiary/aromatic N) is 6. The van der Waals surface area contributed by atoms with E-state index in [-0.39, 0.29) is 11.4 Å². The number of nitriles is 1. The van der Waals surface area contributed by atoms with Gasteiger partial charge in [0.15, 0.2) is 0 Å². The Bertz CT molecular complexity index is 2090. The highest BCUT2D eigenvalue weighted by molar-refractivity contribution is 6.09. The van der Waals surface area contributed by atoms with Crippen molar-refractivity contribution in [1.29, 1.82) is 5.26 Å². The monoisotopic (exact) mass is 648 g/mol. The van der Waals surface area contributed by atoms with E-state index in [1.807, 2.05) is 73.7 Å². The van der Waals surface area contributed by atoms with E-state index in [1.165, 1.54) is 0 Å². The molecule has 0 fully saturated rings. The van der Waals surface area contributed by atoms with E-state index in [1.54, 1.807) is 17.1 Å². The zero-order valence-electron chi connectivity index (χ0n) is 28.3. The van der Waals surface area contributed by atoms with E-state index in [4.69, 9.17) is 5.10 Å². The van der Waals surface area contributed by atoms with Crippen LogP contribution < -0.4 is 10.6 Å². The predicted octanol–water partition coefficient (Wildman–Crippen LogP) is 8.65. The highest BCUT2D eigenvalue weighted by Gasteiger charge is 2.22. The number of nitrogens with one attached hydrogen (secondary N) is 2. The summed E-state index contributed by atoms with van der Waals surface area (Å²) in [4.78, 5) is 24.6. The van der Waals surface area contributed by atoms with Gasteiger partial charge in [0, 0.05) is 54.8 Å². The molecule has 0 aliphatic rings. The van der Waals surface area contributed by atoms with Gasteiger partial charge >= 0.3 is 6.03 Å². The van der Waals surface area contributed by atoms with E-state index in [0.29, 0.717) is 37.6 Å².